The molecule has 0 saturated heterocycles. The van der Waals surface area contributed by atoms with Crippen LogP contribution in [-0.2, 0) is 11.3 Å². The van der Waals surface area contributed by atoms with E-state index in [1.165, 1.54) is 5.56 Å². The van der Waals surface area contributed by atoms with E-state index in [1.54, 1.807) is 30.8 Å². The van der Waals surface area contributed by atoms with Gasteiger partial charge in [0, 0.05) is 37.3 Å². The van der Waals surface area contributed by atoms with Crippen molar-refractivity contribution < 1.29 is 4.74 Å². The lowest BCUT2D eigenvalue weighted by Crippen LogP contribution is -2.22. The van der Waals surface area contributed by atoms with Crippen LogP contribution in [-0.4, -0.2) is 62.3 Å². The Morgan fingerprint density at radius 2 is 2.12 bits per heavy atom. The number of fused-ring (bicyclic) bond motifs is 1. The zero-order chi connectivity index (χ0) is 22.6. The number of hydrogen-bond donors (Lipinski definition) is 3. The molecule has 33 heavy (non-hydrogen) atoms. The predicted molar refractivity (Wildman–Crippen MR) is 131 cm³/mol. The lowest BCUT2D eigenvalue weighted by Gasteiger charge is -2.15. The number of anilines is 2. The second-order valence-electron chi connectivity index (χ2n) is 7.73. The minimum atomic E-state index is 0.679. The summed E-state index contributed by atoms with van der Waals surface area (Å²) in [4.78, 5) is 19.4. The molecule has 0 bridgehead atoms. The number of imidazole rings is 1. The van der Waals surface area contributed by atoms with Gasteiger partial charge in [0.05, 0.1) is 29.5 Å². The number of rotatable bonds is 9. The van der Waals surface area contributed by atoms with Crippen molar-refractivity contribution in [3.63, 3.8) is 0 Å². The summed E-state index contributed by atoms with van der Waals surface area (Å²) in [5.74, 6) is 2.08. The zero-order valence-electron chi connectivity index (χ0n) is 18.4. The molecule has 4 aromatic heterocycles. The lowest BCUT2D eigenvalue weighted by atomic mass is 10.2. The predicted octanol–water partition coefficient (Wildman–Crippen LogP) is 4.29. The third-order valence-corrected chi connectivity index (χ3v) is 5.93. The zero-order valence-corrected chi connectivity index (χ0v) is 19.2. The molecule has 1 aromatic carbocycles. The molecule has 4 heterocycles. The summed E-state index contributed by atoms with van der Waals surface area (Å²) >= 11 is 1.62. The van der Waals surface area contributed by atoms with Crippen molar-refractivity contribution in [3.8, 4) is 22.9 Å². The Balaban J connectivity index is 1.37. The smallest absolute Gasteiger partial charge is 0.162 e. The molecule has 0 unspecified atom stereocenters. The van der Waals surface area contributed by atoms with E-state index in [1.807, 2.05) is 29.0 Å². The number of aromatic nitrogens is 6. The maximum atomic E-state index is 5.16. The van der Waals surface area contributed by atoms with Crippen LogP contribution in [0.4, 0.5) is 11.5 Å². The number of H-pyrrole nitrogens is 2. The maximum Gasteiger partial charge on any atom is 0.162 e. The summed E-state index contributed by atoms with van der Waals surface area (Å²) in [6, 6.07) is 10.1. The van der Waals surface area contributed by atoms with Gasteiger partial charge in [-0.25, -0.2) is 15.0 Å². The van der Waals surface area contributed by atoms with Gasteiger partial charge in [-0.05, 0) is 42.3 Å². The number of methoxy groups -OCH3 is 1. The molecule has 5 rings (SSSR count). The van der Waals surface area contributed by atoms with E-state index in [-0.39, 0.29) is 0 Å². The van der Waals surface area contributed by atoms with E-state index in [4.69, 9.17) is 9.72 Å². The molecule has 0 radical (unpaired) electrons. The van der Waals surface area contributed by atoms with E-state index in [2.05, 4.69) is 54.5 Å². The van der Waals surface area contributed by atoms with Gasteiger partial charge in [-0.3, -0.25) is 10.00 Å². The fourth-order valence-electron chi connectivity index (χ4n) is 3.57. The first-order valence-corrected chi connectivity index (χ1v) is 11.5. The summed E-state index contributed by atoms with van der Waals surface area (Å²) < 4.78 is 5.16. The number of hydrogen-bond acceptors (Lipinski definition) is 8. The minimum Gasteiger partial charge on any atom is -0.383 e. The number of likely N-dealkylation sites (N-methyl/N-ethyl adjacent to an activating group) is 1. The minimum absolute atomic E-state index is 0.679. The molecule has 0 aliphatic heterocycles. The van der Waals surface area contributed by atoms with Crippen molar-refractivity contribution in [1.82, 2.24) is 35.0 Å². The van der Waals surface area contributed by atoms with Crippen molar-refractivity contribution in [2.75, 3.05) is 32.6 Å². The second kappa shape index (κ2) is 9.49. The normalized spacial score (nSPS) is 11.5. The molecule has 5 aromatic rings. The van der Waals surface area contributed by atoms with Gasteiger partial charge in [0.25, 0.3) is 0 Å². The molecule has 0 aliphatic carbocycles. The van der Waals surface area contributed by atoms with Crippen LogP contribution in [0.25, 0.3) is 33.9 Å². The van der Waals surface area contributed by atoms with Crippen LogP contribution in [0.15, 0.2) is 53.5 Å². The van der Waals surface area contributed by atoms with Crippen molar-refractivity contribution in [2.45, 2.75) is 6.54 Å². The van der Waals surface area contributed by atoms with Crippen LogP contribution in [0.1, 0.15) is 5.56 Å². The van der Waals surface area contributed by atoms with Crippen molar-refractivity contribution in [3.05, 3.63) is 59.0 Å². The van der Waals surface area contributed by atoms with E-state index < -0.39 is 0 Å². The molecule has 0 atom stereocenters. The van der Waals surface area contributed by atoms with Gasteiger partial charge in [-0.2, -0.15) is 16.4 Å². The topological polar surface area (TPSA) is 108 Å². The molecular formula is C23H24N8OS. The van der Waals surface area contributed by atoms with Gasteiger partial charge < -0.3 is 15.0 Å². The van der Waals surface area contributed by atoms with Crippen molar-refractivity contribution in [2.24, 2.45) is 0 Å². The van der Waals surface area contributed by atoms with Crippen LogP contribution >= 0.6 is 11.3 Å². The summed E-state index contributed by atoms with van der Waals surface area (Å²) in [5, 5.41) is 14.6. The highest BCUT2D eigenvalue weighted by molar-refractivity contribution is 7.08. The van der Waals surface area contributed by atoms with Gasteiger partial charge >= 0.3 is 0 Å². The molecule has 0 fully saturated rings. The molecule has 10 heteroatoms. The SMILES string of the molecule is COCCN(C)Cc1ccc2nc(-c3[nH]ncc3Nc3ccnc(-c4ccsc4)n3)[nH]c2c1. The molecule has 3 N–H and O–H groups in total. The van der Waals surface area contributed by atoms with Gasteiger partial charge in [0.1, 0.15) is 11.5 Å². The first kappa shape index (κ1) is 21.3. The quantitative estimate of drug-likeness (QED) is 0.301. The average molecular weight is 461 g/mol. The highest BCUT2D eigenvalue weighted by Gasteiger charge is 2.14. The van der Waals surface area contributed by atoms with Crippen LogP contribution in [0.5, 0.6) is 0 Å². The third-order valence-electron chi connectivity index (χ3n) is 5.25. The van der Waals surface area contributed by atoms with Gasteiger partial charge in [-0.15, -0.1) is 0 Å². The third kappa shape index (κ3) is 4.77. The highest BCUT2D eigenvalue weighted by atomic mass is 32.1. The van der Waals surface area contributed by atoms with E-state index in [0.29, 0.717) is 24.1 Å². The monoisotopic (exact) mass is 460 g/mol. The van der Waals surface area contributed by atoms with Gasteiger partial charge in [0.2, 0.25) is 0 Å². The number of nitrogens with one attached hydrogen (secondary N) is 3. The van der Waals surface area contributed by atoms with Gasteiger partial charge in [-0.1, -0.05) is 6.07 Å². The van der Waals surface area contributed by atoms with Crippen molar-refractivity contribution >= 4 is 33.9 Å². The Labute approximate surface area is 194 Å². The van der Waals surface area contributed by atoms with Crippen LogP contribution in [0, 0.1) is 0 Å². The second-order valence-corrected chi connectivity index (χ2v) is 8.51. The maximum absolute atomic E-state index is 5.16. The molecule has 9 nitrogen and oxygen atoms in total. The van der Waals surface area contributed by atoms with Crippen LogP contribution in [0.2, 0.25) is 0 Å². The number of thiophene rings is 1. The Hall–Kier alpha value is -3.60. The van der Waals surface area contributed by atoms with E-state index >= 15 is 0 Å². The molecule has 0 amide bonds. The summed E-state index contributed by atoms with van der Waals surface area (Å²) in [7, 11) is 3.80. The van der Waals surface area contributed by atoms with Gasteiger partial charge in [0.15, 0.2) is 11.6 Å². The highest BCUT2D eigenvalue weighted by Crippen LogP contribution is 2.28. The van der Waals surface area contributed by atoms with Crippen molar-refractivity contribution in [1.29, 1.82) is 0 Å². The largest absolute Gasteiger partial charge is 0.383 e. The molecule has 0 saturated carbocycles. The fourth-order valence-corrected chi connectivity index (χ4v) is 4.20. The van der Waals surface area contributed by atoms with E-state index in [9.17, 15) is 0 Å². The Bertz CT molecular complexity index is 1340. The first-order valence-electron chi connectivity index (χ1n) is 10.5. The standard InChI is InChI=1S/C23H24N8OS/c1-31(8-9-32-2)13-15-3-4-17-18(11-15)28-23(27-17)21-19(12-25-30-21)26-20-5-7-24-22(29-20)16-6-10-33-14-16/h3-7,10-12,14H,8-9,13H2,1-2H3,(H,25,30)(H,27,28)(H,24,26,29). The number of benzene rings is 1. The van der Waals surface area contributed by atoms with E-state index in [0.717, 1.165) is 41.1 Å². The Kier molecular flexibility index (Phi) is 6.11. The number of nitrogens with zero attached hydrogens (tertiary/aromatic N) is 5. The average Bonchev–Trinajstić information content (AvgIpc) is 3.58. The number of ether oxygens (including phenoxy) is 1. The summed E-state index contributed by atoms with van der Waals surface area (Å²) in [6.45, 7) is 2.43. The summed E-state index contributed by atoms with van der Waals surface area (Å²) in [6.07, 6.45) is 3.47. The van der Waals surface area contributed by atoms with Crippen LogP contribution < -0.4 is 5.32 Å². The fraction of sp³-hybridized carbons (Fsp3) is 0.217. The van der Waals surface area contributed by atoms with Crippen LogP contribution in [0.3, 0.4) is 0 Å². The molecule has 168 valence electrons. The molecular weight excluding hydrogens is 436 g/mol. The molecule has 0 spiro atoms. The lowest BCUT2D eigenvalue weighted by molar-refractivity contribution is 0.158. The Morgan fingerprint density at radius 3 is 2.97 bits per heavy atom. The summed E-state index contributed by atoms with van der Waals surface area (Å²) in [5.41, 5.74) is 5.63. The first-order chi connectivity index (χ1) is 16.2. The Morgan fingerprint density at radius 1 is 1.18 bits per heavy atom. The molecule has 0 aliphatic rings. The number of aromatic amines is 2.